The lowest BCUT2D eigenvalue weighted by atomic mass is 9.66. The van der Waals surface area contributed by atoms with Gasteiger partial charge >= 0.3 is 0 Å². The summed E-state index contributed by atoms with van der Waals surface area (Å²) in [7, 11) is 3.15. The van der Waals surface area contributed by atoms with Crippen molar-refractivity contribution in [3.05, 3.63) is 59.3 Å². The lowest BCUT2D eigenvalue weighted by Crippen LogP contribution is -2.41. The molecule has 2 aliphatic rings. The number of allylic oxidation sites excluding steroid dienone is 2. The van der Waals surface area contributed by atoms with Crippen LogP contribution in [0.15, 0.2) is 58.7 Å². The number of ketones is 1. The Hall–Kier alpha value is -3.52. The van der Waals surface area contributed by atoms with E-state index in [1.54, 1.807) is 14.2 Å². The summed E-state index contributed by atoms with van der Waals surface area (Å²) in [6.45, 7) is 6.01. The number of hydrogen-bond acceptors (Lipinski definition) is 7. The number of carbonyl (C=O) groups is 2. The molecule has 1 aromatic heterocycles. The highest BCUT2D eigenvalue weighted by molar-refractivity contribution is 7.22. The highest BCUT2D eigenvalue weighted by atomic mass is 32.1. The fourth-order valence-corrected chi connectivity index (χ4v) is 6.26. The first-order valence-corrected chi connectivity index (χ1v) is 12.7. The van der Waals surface area contributed by atoms with E-state index < -0.39 is 11.8 Å². The van der Waals surface area contributed by atoms with Gasteiger partial charge in [0.25, 0.3) is 0 Å². The van der Waals surface area contributed by atoms with Crippen molar-refractivity contribution < 1.29 is 19.1 Å². The van der Waals surface area contributed by atoms with Crippen molar-refractivity contribution in [1.82, 2.24) is 4.98 Å². The minimum atomic E-state index is -0.707. The van der Waals surface area contributed by atoms with Crippen molar-refractivity contribution >= 4 is 44.1 Å². The smallest absolute Gasteiger partial charge is 0.235 e. The number of thiazole rings is 1. The highest BCUT2D eigenvalue weighted by Gasteiger charge is 2.46. The van der Waals surface area contributed by atoms with E-state index in [1.165, 1.54) is 11.3 Å². The summed E-state index contributed by atoms with van der Waals surface area (Å²) in [5.41, 5.74) is 3.37. The number of nitrogens with one attached hydrogen (secondary N) is 1. The first-order chi connectivity index (χ1) is 17.2. The zero-order chi connectivity index (χ0) is 25.6. The van der Waals surface area contributed by atoms with Crippen LogP contribution in [0.2, 0.25) is 0 Å². The average Bonchev–Trinajstić information content (AvgIpc) is 3.23. The molecule has 0 fully saturated rings. The van der Waals surface area contributed by atoms with E-state index in [0.29, 0.717) is 40.8 Å². The molecule has 36 heavy (non-hydrogen) atoms. The molecule has 5 rings (SSSR count). The Kier molecular flexibility index (Phi) is 6.16. The molecule has 0 spiro atoms. The third-order valence-corrected chi connectivity index (χ3v) is 7.83. The number of hydrogen-bond donors (Lipinski definition) is 1. The van der Waals surface area contributed by atoms with Crippen molar-refractivity contribution in [3.8, 4) is 11.5 Å². The molecule has 2 heterocycles. The third-order valence-electron chi connectivity index (χ3n) is 6.88. The Bertz CT molecular complexity index is 1400. The number of nitrogens with zero attached hydrogens (tertiary/aromatic N) is 2. The molecule has 3 aromatic rings. The Labute approximate surface area is 214 Å². The predicted octanol–water partition coefficient (Wildman–Crippen LogP) is 5.77. The first-order valence-electron chi connectivity index (χ1n) is 11.9. The molecule has 1 aliphatic heterocycles. The van der Waals surface area contributed by atoms with E-state index in [2.05, 4.69) is 24.1 Å². The largest absolute Gasteiger partial charge is 0.493 e. The predicted molar refractivity (Wildman–Crippen MR) is 142 cm³/mol. The summed E-state index contributed by atoms with van der Waals surface area (Å²) in [6.07, 6.45) is 1.07. The van der Waals surface area contributed by atoms with Gasteiger partial charge in [-0.15, -0.1) is 0 Å². The van der Waals surface area contributed by atoms with Crippen molar-refractivity contribution in [3.63, 3.8) is 0 Å². The van der Waals surface area contributed by atoms with Crippen LogP contribution in [-0.2, 0) is 9.59 Å². The summed E-state index contributed by atoms with van der Waals surface area (Å²) >= 11 is 1.42. The van der Waals surface area contributed by atoms with Crippen molar-refractivity contribution in [2.45, 2.75) is 39.5 Å². The Morgan fingerprint density at radius 2 is 1.86 bits per heavy atom. The number of fused-ring (bicyclic) bond motifs is 1. The second-order valence-corrected chi connectivity index (χ2v) is 11.1. The van der Waals surface area contributed by atoms with Gasteiger partial charge in [-0.25, -0.2) is 4.98 Å². The molecule has 1 aliphatic carbocycles. The number of ether oxygens (including phenoxy) is 2. The van der Waals surface area contributed by atoms with Gasteiger partial charge in [0.05, 0.1) is 30.4 Å². The molecular weight excluding hydrogens is 474 g/mol. The van der Waals surface area contributed by atoms with Crippen LogP contribution in [0, 0.1) is 11.3 Å². The number of aliphatic imine (C=N–C) groups is 1. The summed E-state index contributed by atoms with van der Waals surface area (Å²) in [6, 6.07) is 13.3. The number of methoxy groups -OCH3 is 2. The minimum absolute atomic E-state index is 0.0187. The fourth-order valence-electron chi connectivity index (χ4n) is 5.39. The number of carbonyl (C=O) groups excluding carboxylic acids is 2. The van der Waals surface area contributed by atoms with E-state index >= 15 is 0 Å². The summed E-state index contributed by atoms with van der Waals surface area (Å²) < 4.78 is 12.3. The fraction of sp³-hybridized carbons (Fsp3) is 0.357. The Balaban J connectivity index is 1.63. The Morgan fingerprint density at radius 3 is 2.58 bits per heavy atom. The van der Waals surface area contributed by atoms with E-state index in [1.807, 2.05) is 49.4 Å². The van der Waals surface area contributed by atoms with E-state index in [4.69, 9.17) is 14.5 Å². The molecule has 8 heteroatoms. The van der Waals surface area contributed by atoms with Gasteiger partial charge in [0.15, 0.2) is 22.4 Å². The molecule has 0 saturated carbocycles. The van der Waals surface area contributed by atoms with Gasteiger partial charge in [-0.1, -0.05) is 49.4 Å². The van der Waals surface area contributed by atoms with Gasteiger partial charge in [-0.05, 0) is 37.0 Å². The third kappa shape index (κ3) is 4.19. The maximum absolute atomic E-state index is 13.9. The molecule has 1 amide bonds. The summed E-state index contributed by atoms with van der Waals surface area (Å²) in [4.78, 5) is 36.9. The van der Waals surface area contributed by atoms with Gasteiger partial charge in [0, 0.05) is 34.9 Å². The molecule has 0 bridgehead atoms. The second kappa shape index (κ2) is 9.17. The normalized spacial score (nSPS) is 21.1. The number of anilines is 1. The van der Waals surface area contributed by atoms with Crippen LogP contribution in [0.4, 0.5) is 5.13 Å². The number of rotatable bonds is 5. The molecule has 7 nitrogen and oxygen atoms in total. The summed E-state index contributed by atoms with van der Waals surface area (Å²) in [5.74, 6) is -0.435. The maximum atomic E-state index is 13.9. The van der Waals surface area contributed by atoms with Crippen LogP contribution in [0.3, 0.4) is 0 Å². The monoisotopic (exact) mass is 503 g/mol. The van der Waals surface area contributed by atoms with E-state index in [0.717, 1.165) is 21.5 Å². The van der Waals surface area contributed by atoms with Crippen LogP contribution in [0.25, 0.3) is 10.2 Å². The quantitative estimate of drug-likeness (QED) is 0.477. The minimum Gasteiger partial charge on any atom is -0.493 e. The van der Waals surface area contributed by atoms with Crippen molar-refractivity contribution in [1.29, 1.82) is 0 Å². The van der Waals surface area contributed by atoms with E-state index in [-0.39, 0.29) is 17.1 Å². The van der Waals surface area contributed by atoms with Gasteiger partial charge in [-0.3, -0.25) is 14.6 Å². The zero-order valence-electron chi connectivity index (χ0n) is 21.0. The Morgan fingerprint density at radius 1 is 1.08 bits per heavy atom. The van der Waals surface area contributed by atoms with Gasteiger partial charge in [-0.2, -0.15) is 0 Å². The van der Waals surface area contributed by atoms with Crippen LogP contribution in [-0.4, -0.2) is 36.6 Å². The molecule has 0 saturated heterocycles. The number of benzene rings is 2. The standard InChI is InChI=1S/C28H29N3O4S/c1-15-22(26(33)31-27-30-17-10-6-7-12-21(17)36-27)23(16-9-8-11-20(34-4)25(16)35-5)24-18(29-15)13-28(2,3)14-19(24)32/h6-12,22-23H,13-14H2,1-5H3,(H,30,31,33)/t22?,23-/m1/s1. The van der Waals surface area contributed by atoms with Crippen LogP contribution < -0.4 is 14.8 Å². The molecule has 1 N–H and O–H groups in total. The SMILES string of the molecule is COc1cccc([C@H]2C3=C(CC(C)(C)CC3=O)N=C(C)C2C(=O)Nc2nc3ccccc3s2)c1OC. The zero-order valence-corrected chi connectivity index (χ0v) is 21.9. The molecule has 2 aromatic carbocycles. The molecule has 0 radical (unpaired) electrons. The van der Waals surface area contributed by atoms with Crippen LogP contribution >= 0.6 is 11.3 Å². The van der Waals surface area contributed by atoms with Gasteiger partial charge in [0.2, 0.25) is 5.91 Å². The number of para-hydroxylation sites is 2. The molecule has 2 atom stereocenters. The molecule has 1 unspecified atom stereocenters. The van der Waals surface area contributed by atoms with Crippen molar-refractivity contribution in [2.24, 2.45) is 16.3 Å². The molecular formula is C28H29N3O4S. The average molecular weight is 504 g/mol. The topological polar surface area (TPSA) is 89.9 Å². The van der Waals surface area contributed by atoms with Gasteiger partial charge in [0.1, 0.15) is 0 Å². The lowest BCUT2D eigenvalue weighted by molar-refractivity contribution is -0.119. The summed E-state index contributed by atoms with van der Waals surface area (Å²) in [5, 5.41) is 3.52. The molecule has 186 valence electrons. The number of aromatic nitrogens is 1. The maximum Gasteiger partial charge on any atom is 0.235 e. The van der Waals surface area contributed by atoms with E-state index in [9.17, 15) is 9.59 Å². The van der Waals surface area contributed by atoms with Crippen LogP contribution in [0.5, 0.6) is 11.5 Å². The second-order valence-electron chi connectivity index (χ2n) is 10.1. The lowest BCUT2D eigenvalue weighted by Gasteiger charge is -2.39. The van der Waals surface area contributed by atoms with Gasteiger partial charge < -0.3 is 14.8 Å². The number of Topliss-reactive ketones (excluding diaryl/α,β-unsaturated/α-hetero) is 1. The van der Waals surface area contributed by atoms with Crippen molar-refractivity contribution in [2.75, 3.05) is 19.5 Å². The highest BCUT2D eigenvalue weighted by Crippen LogP contribution is 2.51. The number of amides is 1. The first kappa shape index (κ1) is 24.2. The van der Waals surface area contributed by atoms with Crippen LogP contribution in [0.1, 0.15) is 45.1 Å².